The van der Waals surface area contributed by atoms with E-state index in [0.29, 0.717) is 17.4 Å². The second kappa shape index (κ2) is 6.64. The van der Waals surface area contributed by atoms with E-state index in [1.54, 1.807) is 12.1 Å². The molecule has 0 bridgehead atoms. The third kappa shape index (κ3) is 3.77. The Balaban J connectivity index is 0.00000161. The Morgan fingerprint density at radius 1 is 1.33 bits per heavy atom. The first-order chi connectivity index (χ1) is 9.56. The van der Waals surface area contributed by atoms with E-state index in [1.807, 2.05) is 12.1 Å². The molecule has 3 unspecified atom stereocenters. The smallest absolute Gasteiger partial charge is 0.123 e. The molecule has 2 saturated heterocycles. The highest BCUT2D eigenvalue weighted by atomic mass is 35.5. The van der Waals surface area contributed by atoms with Gasteiger partial charge in [0.15, 0.2) is 0 Å². The Bertz CT molecular complexity index is 456. The van der Waals surface area contributed by atoms with Crippen molar-refractivity contribution in [2.45, 2.75) is 38.6 Å². The van der Waals surface area contributed by atoms with Gasteiger partial charge in [0.05, 0.1) is 0 Å². The van der Waals surface area contributed by atoms with Crippen LogP contribution in [0.5, 0.6) is 0 Å². The van der Waals surface area contributed by atoms with Crippen molar-refractivity contribution in [3.63, 3.8) is 0 Å². The predicted molar refractivity (Wildman–Crippen MR) is 87.6 cm³/mol. The van der Waals surface area contributed by atoms with Crippen LogP contribution in [0.4, 0.5) is 4.39 Å². The Morgan fingerprint density at radius 2 is 2.05 bits per heavy atom. The summed E-state index contributed by atoms with van der Waals surface area (Å²) in [5.74, 6) is 0.421. The fourth-order valence-corrected chi connectivity index (χ4v) is 3.79. The highest BCUT2D eigenvalue weighted by Gasteiger charge is 2.36. The van der Waals surface area contributed by atoms with Crippen molar-refractivity contribution < 1.29 is 4.39 Å². The minimum Gasteiger partial charge on any atom is -0.316 e. The van der Waals surface area contributed by atoms with Gasteiger partial charge in [-0.1, -0.05) is 19.1 Å². The summed E-state index contributed by atoms with van der Waals surface area (Å²) in [5.41, 5.74) is 1.71. The summed E-state index contributed by atoms with van der Waals surface area (Å²) >= 11 is 0. The summed E-state index contributed by atoms with van der Waals surface area (Å²) in [6.07, 6.45) is 2.46. The third-order valence-corrected chi connectivity index (χ3v) is 5.09. The molecular weight excluding hydrogens is 287 g/mol. The minimum absolute atomic E-state index is 0. The second-order valence-electron chi connectivity index (χ2n) is 7.00. The number of rotatable bonds is 3. The van der Waals surface area contributed by atoms with Gasteiger partial charge in [-0.25, -0.2) is 4.39 Å². The number of hydrogen-bond donors (Lipinski definition) is 1. The first-order valence-corrected chi connectivity index (χ1v) is 7.76. The Kier molecular flexibility index (Phi) is 5.29. The average molecular weight is 313 g/mol. The molecule has 2 aliphatic rings. The zero-order chi connectivity index (χ0) is 14.2. The van der Waals surface area contributed by atoms with E-state index >= 15 is 0 Å². The summed E-state index contributed by atoms with van der Waals surface area (Å²) in [5, 5.41) is 3.48. The van der Waals surface area contributed by atoms with Crippen molar-refractivity contribution in [3.05, 3.63) is 35.6 Å². The predicted octanol–water partition coefficient (Wildman–Crippen LogP) is 3.42. The van der Waals surface area contributed by atoms with Gasteiger partial charge < -0.3 is 5.32 Å². The number of benzene rings is 1. The lowest BCUT2D eigenvalue weighted by molar-refractivity contribution is 0.171. The van der Waals surface area contributed by atoms with Crippen LogP contribution in [0, 0.1) is 11.2 Å². The van der Waals surface area contributed by atoms with Crippen molar-refractivity contribution >= 4 is 12.4 Å². The molecule has 4 heteroatoms. The van der Waals surface area contributed by atoms with Crippen molar-refractivity contribution in [2.24, 2.45) is 5.41 Å². The van der Waals surface area contributed by atoms with Crippen LogP contribution < -0.4 is 5.32 Å². The zero-order valence-corrected chi connectivity index (χ0v) is 13.8. The molecular formula is C17H26ClFN2. The van der Waals surface area contributed by atoms with Crippen molar-refractivity contribution in [3.8, 4) is 0 Å². The van der Waals surface area contributed by atoms with E-state index in [0.717, 1.165) is 19.6 Å². The van der Waals surface area contributed by atoms with Crippen LogP contribution >= 0.6 is 12.4 Å². The number of nitrogens with one attached hydrogen (secondary N) is 1. The van der Waals surface area contributed by atoms with Gasteiger partial charge in [0.2, 0.25) is 0 Å². The lowest BCUT2D eigenvalue weighted by atomic mass is 9.89. The maximum absolute atomic E-state index is 13.0. The summed E-state index contributed by atoms with van der Waals surface area (Å²) in [7, 11) is 0. The third-order valence-electron chi connectivity index (χ3n) is 5.09. The molecule has 0 radical (unpaired) electrons. The van der Waals surface area contributed by atoms with Crippen LogP contribution in [-0.2, 0) is 0 Å². The standard InChI is InChI=1S/C17H25FN2.ClH/c1-13-9-15(14-3-5-16(18)6-4-14)10-20(13)12-17(2)7-8-19-11-17;/h3-6,13,15,19H,7-12H2,1-2H3;1H. The molecule has 21 heavy (non-hydrogen) atoms. The van der Waals surface area contributed by atoms with Gasteiger partial charge in [0.1, 0.15) is 5.82 Å². The van der Waals surface area contributed by atoms with Crippen molar-refractivity contribution in [1.29, 1.82) is 0 Å². The molecule has 0 aromatic heterocycles. The molecule has 2 fully saturated rings. The van der Waals surface area contributed by atoms with Gasteiger partial charge in [-0.2, -0.15) is 0 Å². The van der Waals surface area contributed by atoms with Gasteiger partial charge in [-0.05, 0) is 55.3 Å². The topological polar surface area (TPSA) is 15.3 Å². The average Bonchev–Trinajstić information content (AvgIpc) is 2.98. The molecule has 2 aliphatic heterocycles. The highest BCUT2D eigenvalue weighted by molar-refractivity contribution is 5.85. The number of nitrogens with zero attached hydrogens (tertiary/aromatic N) is 1. The van der Waals surface area contributed by atoms with Gasteiger partial charge in [-0.15, -0.1) is 12.4 Å². The molecule has 118 valence electrons. The van der Waals surface area contributed by atoms with Crippen LogP contribution in [0.3, 0.4) is 0 Å². The van der Waals surface area contributed by atoms with Crippen molar-refractivity contribution in [1.82, 2.24) is 10.2 Å². The van der Waals surface area contributed by atoms with Crippen LogP contribution in [-0.4, -0.2) is 37.1 Å². The van der Waals surface area contributed by atoms with Crippen molar-refractivity contribution in [2.75, 3.05) is 26.2 Å². The number of halogens is 2. The molecule has 0 spiro atoms. The van der Waals surface area contributed by atoms with E-state index in [9.17, 15) is 4.39 Å². The van der Waals surface area contributed by atoms with E-state index in [4.69, 9.17) is 0 Å². The molecule has 0 aliphatic carbocycles. The highest BCUT2D eigenvalue weighted by Crippen LogP contribution is 2.35. The minimum atomic E-state index is -0.138. The molecule has 3 atom stereocenters. The molecule has 1 aromatic carbocycles. The molecule has 2 nitrogen and oxygen atoms in total. The van der Waals surface area contributed by atoms with Crippen LogP contribution in [0.1, 0.15) is 38.2 Å². The van der Waals surface area contributed by atoms with E-state index in [2.05, 4.69) is 24.1 Å². The molecule has 2 heterocycles. The van der Waals surface area contributed by atoms with Crippen LogP contribution in [0.25, 0.3) is 0 Å². The van der Waals surface area contributed by atoms with Gasteiger partial charge >= 0.3 is 0 Å². The summed E-state index contributed by atoms with van der Waals surface area (Å²) in [6.45, 7) is 9.30. The van der Waals surface area contributed by atoms with E-state index in [1.165, 1.54) is 24.9 Å². The lowest BCUT2D eigenvalue weighted by Crippen LogP contribution is -2.39. The Morgan fingerprint density at radius 3 is 2.67 bits per heavy atom. The number of likely N-dealkylation sites (tertiary alicyclic amines) is 1. The molecule has 3 rings (SSSR count). The molecule has 0 saturated carbocycles. The maximum atomic E-state index is 13.0. The lowest BCUT2D eigenvalue weighted by Gasteiger charge is -2.31. The second-order valence-corrected chi connectivity index (χ2v) is 7.00. The monoisotopic (exact) mass is 312 g/mol. The summed E-state index contributed by atoms with van der Waals surface area (Å²) in [4.78, 5) is 2.63. The summed E-state index contributed by atoms with van der Waals surface area (Å²) < 4.78 is 13.0. The Hall–Kier alpha value is -0.640. The van der Waals surface area contributed by atoms with Gasteiger partial charge in [-0.3, -0.25) is 4.90 Å². The zero-order valence-electron chi connectivity index (χ0n) is 12.9. The summed E-state index contributed by atoms with van der Waals surface area (Å²) in [6, 6.07) is 7.71. The normalized spacial score (nSPS) is 33.1. The van der Waals surface area contributed by atoms with E-state index < -0.39 is 0 Å². The largest absolute Gasteiger partial charge is 0.316 e. The Labute approximate surface area is 133 Å². The molecule has 1 N–H and O–H groups in total. The SMILES string of the molecule is CC1CC(c2ccc(F)cc2)CN1CC1(C)CCNC1.Cl. The van der Waals surface area contributed by atoms with E-state index in [-0.39, 0.29) is 18.2 Å². The first kappa shape index (κ1) is 16.7. The quantitative estimate of drug-likeness (QED) is 0.920. The maximum Gasteiger partial charge on any atom is 0.123 e. The number of hydrogen-bond acceptors (Lipinski definition) is 2. The molecule has 1 aromatic rings. The fourth-order valence-electron chi connectivity index (χ4n) is 3.79. The van der Waals surface area contributed by atoms with Gasteiger partial charge in [0.25, 0.3) is 0 Å². The van der Waals surface area contributed by atoms with Crippen LogP contribution in [0.2, 0.25) is 0 Å². The van der Waals surface area contributed by atoms with Gasteiger partial charge in [0, 0.05) is 25.7 Å². The molecule has 0 amide bonds. The fraction of sp³-hybridized carbons (Fsp3) is 0.647. The van der Waals surface area contributed by atoms with Crippen LogP contribution in [0.15, 0.2) is 24.3 Å². The first-order valence-electron chi connectivity index (χ1n) is 7.76.